The van der Waals surface area contributed by atoms with Gasteiger partial charge in [-0.15, -0.1) is 0 Å². The fraction of sp³-hybridized carbons (Fsp3) is 0.0698. The molecule has 0 saturated carbocycles. The van der Waals surface area contributed by atoms with Crippen LogP contribution >= 0.6 is 11.8 Å². The van der Waals surface area contributed by atoms with E-state index in [0.717, 1.165) is 18.4 Å². The molecule has 4 aromatic carbocycles. The van der Waals surface area contributed by atoms with Crippen LogP contribution in [0.5, 0.6) is 0 Å². The first-order valence-electron chi connectivity index (χ1n) is 15.5. The van der Waals surface area contributed by atoms with E-state index in [0.29, 0.717) is 0 Å². The molecule has 1 unspecified atom stereocenters. The minimum Gasteiger partial charge on any atom is -0.309 e. The van der Waals surface area contributed by atoms with Gasteiger partial charge in [0.2, 0.25) is 0 Å². The Kier molecular flexibility index (Phi) is 8.23. The van der Waals surface area contributed by atoms with Crippen LogP contribution in [-0.2, 0) is 6.42 Å². The van der Waals surface area contributed by atoms with Crippen LogP contribution in [0.15, 0.2) is 181 Å². The van der Waals surface area contributed by atoms with Gasteiger partial charge in [-0.2, -0.15) is 0 Å². The second kappa shape index (κ2) is 12.9. The van der Waals surface area contributed by atoms with E-state index >= 15 is 0 Å². The molecule has 1 aromatic heterocycles. The predicted octanol–water partition coefficient (Wildman–Crippen LogP) is 12.0. The van der Waals surface area contributed by atoms with Crippen LogP contribution in [0.25, 0.3) is 44.2 Å². The van der Waals surface area contributed by atoms with Crippen LogP contribution in [0.3, 0.4) is 0 Å². The molecule has 218 valence electrons. The number of hydrogen-bond donors (Lipinski definition) is 0. The molecule has 5 aromatic rings. The van der Waals surface area contributed by atoms with Crippen LogP contribution in [-0.4, -0.2) is 4.57 Å². The zero-order valence-corrected chi connectivity index (χ0v) is 26.1. The van der Waals surface area contributed by atoms with Crippen LogP contribution in [0.1, 0.15) is 17.5 Å². The monoisotopic (exact) mass is 597 g/mol. The van der Waals surface area contributed by atoms with Crippen molar-refractivity contribution in [3.63, 3.8) is 0 Å². The van der Waals surface area contributed by atoms with Crippen molar-refractivity contribution in [2.75, 3.05) is 0 Å². The first kappa shape index (κ1) is 28.7. The number of allylic oxidation sites excluding steroid dienone is 13. The molecule has 1 aliphatic heterocycles. The van der Waals surface area contributed by atoms with Crippen LogP contribution < -0.4 is 0 Å². The van der Waals surface area contributed by atoms with Gasteiger partial charge >= 0.3 is 0 Å². The molecule has 1 aliphatic carbocycles. The molecular formula is C43H35NS. The molecule has 0 amide bonds. The van der Waals surface area contributed by atoms with E-state index in [-0.39, 0.29) is 5.92 Å². The van der Waals surface area contributed by atoms with Crippen molar-refractivity contribution in [3.8, 4) is 16.8 Å². The summed E-state index contributed by atoms with van der Waals surface area (Å²) >= 11 is 1.76. The van der Waals surface area contributed by atoms with Crippen LogP contribution in [0, 0.1) is 5.92 Å². The third-order valence-corrected chi connectivity index (χ3v) is 9.48. The Morgan fingerprint density at radius 2 is 1.69 bits per heavy atom. The van der Waals surface area contributed by atoms with Crippen molar-refractivity contribution in [2.24, 2.45) is 5.92 Å². The Labute approximate surface area is 270 Å². The predicted molar refractivity (Wildman–Crippen MR) is 197 cm³/mol. The van der Waals surface area contributed by atoms with Gasteiger partial charge in [0, 0.05) is 21.4 Å². The lowest BCUT2D eigenvalue weighted by molar-refractivity contribution is 0.803. The molecule has 2 heteroatoms. The number of para-hydroxylation sites is 1. The smallest absolute Gasteiger partial charge is 0.0541 e. The Morgan fingerprint density at radius 3 is 2.58 bits per heavy atom. The summed E-state index contributed by atoms with van der Waals surface area (Å²) in [5.74, 6) is 0.282. The molecule has 45 heavy (non-hydrogen) atoms. The lowest BCUT2D eigenvalue weighted by Crippen LogP contribution is -2.00. The molecule has 0 spiro atoms. The van der Waals surface area contributed by atoms with E-state index in [4.69, 9.17) is 0 Å². The lowest BCUT2D eigenvalue weighted by Gasteiger charge is -2.15. The quantitative estimate of drug-likeness (QED) is 0.161. The number of nitrogens with zero attached hydrogens (tertiary/aromatic N) is 1. The first-order chi connectivity index (χ1) is 22.2. The molecule has 2 heterocycles. The summed E-state index contributed by atoms with van der Waals surface area (Å²) in [6, 6.07) is 31.2. The average molecular weight is 598 g/mol. The van der Waals surface area contributed by atoms with Gasteiger partial charge in [0.15, 0.2) is 0 Å². The molecule has 1 nitrogen and oxygen atoms in total. The number of thioether (sulfide) groups is 1. The maximum atomic E-state index is 4.33. The molecule has 0 radical (unpaired) electrons. The van der Waals surface area contributed by atoms with Crippen molar-refractivity contribution in [3.05, 3.63) is 187 Å². The molecule has 7 rings (SSSR count). The highest BCUT2D eigenvalue weighted by atomic mass is 32.2. The van der Waals surface area contributed by atoms with Crippen LogP contribution in [0.4, 0.5) is 0 Å². The highest BCUT2D eigenvalue weighted by Gasteiger charge is 2.17. The van der Waals surface area contributed by atoms with Gasteiger partial charge in [-0.05, 0) is 87.9 Å². The second-order valence-corrected chi connectivity index (χ2v) is 12.4. The van der Waals surface area contributed by atoms with Gasteiger partial charge in [-0.3, -0.25) is 0 Å². The van der Waals surface area contributed by atoms with E-state index in [1.165, 1.54) is 60.2 Å². The zero-order valence-electron chi connectivity index (χ0n) is 25.3. The Hall–Kier alpha value is -5.05. The van der Waals surface area contributed by atoms with Gasteiger partial charge in [0.05, 0.1) is 11.0 Å². The average Bonchev–Trinajstić information content (AvgIpc) is 3.71. The summed E-state index contributed by atoms with van der Waals surface area (Å²) in [4.78, 5) is 1.24. The maximum absolute atomic E-state index is 4.33. The number of benzene rings is 4. The Balaban J connectivity index is 1.29. The van der Waals surface area contributed by atoms with Gasteiger partial charge < -0.3 is 4.57 Å². The second-order valence-electron chi connectivity index (χ2n) is 11.5. The van der Waals surface area contributed by atoms with Gasteiger partial charge in [0.25, 0.3) is 0 Å². The molecule has 0 bridgehead atoms. The summed E-state index contributed by atoms with van der Waals surface area (Å²) in [5, 5.41) is 4.66. The van der Waals surface area contributed by atoms with Gasteiger partial charge in [0.1, 0.15) is 0 Å². The summed E-state index contributed by atoms with van der Waals surface area (Å²) < 4.78 is 2.41. The SMILES string of the molecule is C=C/C=C\C(C=CC1=CC=CC1)Cc1cccc(-n2c3ccccc3c3cc(-c4cccc5c4S/C=C\C=C/C5=C)ccc32)c1. The Bertz CT molecular complexity index is 2120. The fourth-order valence-electron chi connectivity index (χ4n) is 6.33. The van der Waals surface area contributed by atoms with Crippen molar-refractivity contribution >= 4 is 39.1 Å². The van der Waals surface area contributed by atoms with Crippen molar-refractivity contribution in [1.82, 2.24) is 4.57 Å². The lowest BCUT2D eigenvalue weighted by atomic mass is 9.96. The Morgan fingerprint density at radius 1 is 0.822 bits per heavy atom. The van der Waals surface area contributed by atoms with Crippen molar-refractivity contribution < 1.29 is 0 Å². The summed E-state index contributed by atoms with van der Waals surface area (Å²) in [6.07, 6.45) is 25.4. The minimum atomic E-state index is 0.282. The van der Waals surface area contributed by atoms with Crippen molar-refractivity contribution in [1.29, 1.82) is 0 Å². The fourth-order valence-corrected chi connectivity index (χ4v) is 7.27. The standard InChI is InChI=1S/C43H35NS/c1-3-4-14-33(24-23-32-15-5-6-16-32)28-34-17-11-18-36(29-34)44-41-22-8-7-19-39(41)40-30-35(25-26-42(40)44)38-21-12-20-37-31(2)13-9-10-27-45-43(37)38/h3-15,17-27,29-30,33H,1-2,16,28H2/b13-9-,14-4-,24-23?,27-10-. The molecule has 0 fully saturated rings. The van der Waals surface area contributed by atoms with E-state index in [9.17, 15) is 0 Å². The summed E-state index contributed by atoms with van der Waals surface area (Å²) in [6.45, 7) is 8.23. The molecule has 1 atom stereocenters. The van der Waals surface area contributed by atoms with E-state index < -0.39 is 0 Å². The molecule has 0 N–H and O–H groups in total. The minimum absolute atomic E-state index is 0.282. The number of fused-ring (bicyclic) bond motifs is 4. The topological polar surface area (TPSA) is 4.93 Å². The summed E-state index contributed by atoms with van der Waals surface area (Å²) in [5.41, 5.74) is 10.9. The number of rotatable bonds is 8. The first-order valence-corrected chi connectivity index (χ1v) is 16.4. The maximum Gasteiger partial charge on any atom is 0.0541 e. The highest BCUT2D eigenvalue weighted by Crippen LogP contribution is 2.41. The van der Waals surface area contributed by atoms with Crippen molar-refractivity contribution in [2.45, 2.75) is 17.7 Å². The van der Waals surface area contributed by atoms with E-state index in [1.807, 2.05) is 6.08 Å². The van der Waals surface area contributed by atoms with E-state index in [1.54, 1.807) is 11.8 Å². The largest absolute Gasteiger partial charge is 0.309 e. The highest BCUT2D eigenvalue weighted by molar-refractivity contribution is 8.02. The molecular weight excluding hydrogens is 563 g/mol. The number of hydrogen-bond acceptors (Lipinski definition) is 1. The van der Waals surface area contributed by atoms with Crippen LogP contribution in [0.2, 0.25) is 0 Å². The molecule has 0 saturated heterocycles. The number of aromatic nitrogens is 1. The molecule has 2 aliphatic rings. The zero-order chi connectivity index (χ0) is 30.6. The van der Waals surface area contributed by atoms with Gasteiger partial charge in [-0.25, -0.2) is 0 Å². The third kappa shape index (κ3) is 5.90. The van der Waals surface area contributed by atoms with E-state index in [2.05, 4.69) is 169 Å². The summed E-state index contributed by atoms with van der Waals surface area (Å²) in [7, 11) is 0. The normalized spacial score (nSPS) is 16.6. The van der Waals surface area contributed by atoms with Gasteiger partial charge in [-0.1, -0.05) is 146 Å². The third-order valence-electron chi connectivity index (χ3n) is 8.51.